The lowest BCUT2D eigenvalue weighted by molar-refractivity contribution is -0.275. The molecule has 2 heterocycles. The van der Waals surface area contributed by atoms with Crippen LogP contribution in [-0.4, -0.2) is 45.7 Å². The number of ether oxygens (including phenoxy) is 1. The van der Waals surface area contributed by atoms with E-state index in [4.69, 9.17) is 4.52 Å². The monoisotopic (exact) mass is 540 g/mol. The number of alkyl halides is 3. The van der Waals surface area contributed by atoms with Crippen molar-refractivity contribution < 1.29 is 30.8 Å². The Kier molecular flexibility index (Phi) is 6.96. The van der Waals surface area contributed by atoms with Gasteiger partial charge < -0.3 is 13.8 Å². The van der Waals surface area contributed by atoms with Gasteiger partial charge in [0.25, 0.3) is 0 Å². The average molecular weight is 541 g/mol. The van der Waals surface area contributed by atoms with Crippen molar-refractivity contribution in [1.29, 1.82) is 0 Å². The van der Waals surface area contributed by atoms with Crippen molar-refractivity contribution in [2.24, 2.45) is 0 Å². The highest BCUT2D eigenvalue weighted by molar-refractivity contribution is 7.89. The molecule has 5 rings (SSSR count). The number of sulfonamides is 1. The van der Waals surface area contributed by atoms with Crippen LogP contribution >= 0.6 is 0 Å². The molecule has 200 valence electrons. The second-order valence-corrected chi connectivity index (χ2v) is 11.3. The van der Waals surface area contributed by atoms with Crippen LogP contribution in [0.4, 0.5) is 13.2 Å². The van der Waals surface area contributed by atoms with Gasteiger partial charge in [0.05, 0.1) is 0 Å². The Bertz CT molecular complexity index is 1350. The summed E-state index contributed by atoms with van der Waals surface area (Å²) in [7, 11) is -4.35. The maximum atomic E-state index is 13.3. The number of nitrogens with zero attached hydrogens (tertiary/aromatic N) is 5. The van der Waals surface area contributed by atoms with Crippen LogP contribution < -0.4 is 9.46 Å². The molecule has 2 saturated carbocycles. The number of aromatic nitrogens is 5. The van der Waals surface area contributed by atoms with Gasteiger partial charge in [-0.25, -0.2) is 13.1 Å². The van der Waals surface area contributed by atoms with E-state index >= 15 is 0 Å². The van der Waals surface area contributed by atoms with Gasteiger partial charge in [-0.3, -0.25) is 0 Å². The first kappa shape index (κ1) is 25.6. The Morgan fingerprint density at radius 3 is 2.62 bits per heavy atom. The lowest BCUT2D eigenvalue weighted by Crippen LogP contribution is -2.39. The smallest absolute Gasteiger partial charge is 0.404 e. The van der Waals surface area contributed by atoms with Gasteiger partial charge in [0.2, 0.25) is 21.7 Å². The summed E-state index contributed by atoms with van der Waals surface area (Å²) in [5.41, 5.74) is 0.159. The number of halogens is 3. The van der Waals surface area contributed by atoms with Crippen LogP contribution in [-0.2, 0) is 10.0 Å². The van der Waals surface area contributed by atoms with E-state index in [-0.39, 0.29) is 23.3 Å². The summed E-state index contributed by atoms with van der Waals surface area (Å²) in [5.74, 6) is 0.482. The molecular weight excluding hydrogens is 513 g/mol. The zero-order chi connectivity index (χ0) is 26.2. The first-order chi connectivity index (χ1) is 17.6. The highest BCUT2D eigenvalue weighted by Gasteiger charge is 2.36. The summed E-state index contributed by atoms with van der Waals surface area (Å²) < 4.78 is 80.2. The van der Waals surface area contributed by atoms with Gasteiger partial charge in [-0.05, 0) is 63.6 Å². The summed E-state index contributed by atoms with van der Waals surface area (Å²) in [6, 6.07) is 2.92. The van der Waals surface area contributed by atoms with Crippen LogP contribution in [0.5, 0.6) is 5.75 Å². The fourth-order valence-corrected chi connectivity index (χ4v) is 6.62. The van der Waals surface area contributed by atoms with Crippen LogP contribution in [0.15, 0.2) is 33.9 Å². The number of nitrogens with one attached hydrogen (secondary N) is 1. The molecule has 3 aromatic rings. The quantitative estimate of drug-likeness (QED) is 0.459. The van der Waals surface area contributed by atoms with Crippen LogP contribution in [0.25, 0.3) is 11.4 Å². The normalized spacial score (nSPS) is 21.4. The Morgan fingerprint density at radius 2 is 1.92 bits per heavy atom. The highest BCUT2D eigenvalue weighted by Crippen LogP contribution is 2.37. The molecular formula is C23H27F3N6O4S. The SMILES string of the molecule is Cc1nncn1C1CCCC(NS(=O)(=O)c2ccc(-c3noc(C4CCCC4)n3)cc2OC(F)(F)F)C1. The third kappa shape index (κ3) is 5.79. The van der Waals surface area contributed by atoms with E-state index in [0.29, 0.717) is 24.6 Å². The molecule has 2 aromatic heterocycles. The van der Waals surface area contributed by atoms with Crippen molar-refractivity contribution >= 4 is 10.0 Å². The van der Waals surface area contributed by atoms with Crippen LogP contribution in [0.1, 0.15) is 75.0 Å². The molecule has 2 atom stereocenters. The molecule has 2 aliphatic rings. The molecule has 1 aromatic carbocycles. The molecule has 0 radical (unpaired) electrons. The van der Waals surface area contributed by atoms with Crippen LogP contribution in [0.3, 0.4) is 0 Å². The number of aryl methyl sites for hydroxylation is 1. The van der Waals surface area contributed by atoms with E-state index in [9.17, 15) is 21.6 Å². The van der Waals surface area contributed by atoms with E-state index in [0.717, 1.165) is 50.7 Å². The summed E-state index contributed by atoms with van der Waals surface area (Å²) >= 11 is 0. The molecule has 0 bridgehead atoms. The van der Waals surface area contributed by atoms with E-state index < -0.39 is 33.1 Å². The van der Waals surface area contributed by atoms with Crippen molar-refractivity contribution in [3.63, 3.8) is 0 Å². The molecule has 37 heavy (non-hydrogen) atoms. The number of benzene rings is 1. The van der Waals surface area contributed by atoms with E-state index in [1.807, 2.05) is 11.5 Å². The minimum Gasteiger partial charge on any atom is -0.404 e. The maximum Gasteiger partial charge on any atom is 0.573 e. The number of hydrogen-bond acceptors (Lipinski definition) is 8. The second kappa shape index (κ2) is 10.0. The minimum atomic E-state index is -5.10. The lowest BCUT2D eigenvalue weighted by Gasteiger charge is -2.30. The topological polar surface area (TPSA) is 125 Å². The number of rotatable bonds is 7. The molecule has 0 spiro atoms. The Morgan fingerprint density at radius 1 is 1.14 bits per heavy atom. The average Bonchev–Trinajstić information content (AvgIpc) is 3.59. The van der Waals surface area contributed by atoms with Crippen molar-refractivity contribution in [3.05, 3.63) is 36.2 Å². The largest absolute Gasteiger partial charge is 0.573 e. The predicted octanol–water partition coefficient (Wildman–Crippen LogP) is 4.65. The summed E-state index contributed by atoms with van der Waals surface area (Å²) in [6.07, 6.45) is 2.98. The van der Waals surface area contributed by atoms with Gasteiger partial charge in [0, 0.05) is 23.6 Å². The molecule has 2 fully saturated rings. The van der Waals surface area contributed by atoms with Gasteiger partial charge >= 0.3 is 6.36 Å². The molecule has 0 amide bonds. The minimum absolute atomic E-state index is 0.0166. The van der Waals surface area contributed by atoms with Crippen molar-refractivity contribution in [2.75, 3.05) is 0 Å². The van der Waals surface area contributed by atoms with E-state index in [2.05, 4.69) is 29.8 Å². The standard InChI is InChI=1S/C23H27F3N6O4S/c1-14-29-27-13-32(14)18-8-4-7-17(12-18)31-37(33,34)20-10-9-16(11-19(20)35-23(24,25)26)21-28-22(36-30-21)15-5-2-3-6-15/h9-11,13,15,17-18,31H,2-8,12H2,1H3. The van der Waals surface area contributed by atoms with Gasteiger partial charge in [0.1, 0.15) is 22.8 Å². The summed E-state index contributed by atoms with van der Waals surface area (Å²) in [6.45, 7) is 1.81. The van der Waals surface area contributed by atoms with Gasteiger partial charge in [-0.2, -0.15) is 4.98 Å². The lowest BCUT2D eigenvalue weighted by atomic mass is 9.91. The third-order valence-corrected chi connectivity index (χ3v) is 8.54. The highest BCUT2D eigenvalue weighted by atomic mass is 32.2. The van der Waals surface area contributed by atoms with Gasteiger partial charge in [-0.1, -0.05) is 18.0 Å². The maximum absolute atomic E-state index is 13.3. The molecule has 0 aliphatic heterocycles. The van der Waals surface area contributed by atoms with Crippen molar-refractivity contribution in [2.45, 2.75) is 87.5 Å². The van der Waals surface area contributed by atoms with E-state index in [1.54, 1.807) is 6.33 Å². The van der Waals surface area contributed by atoms with Crippen LogP contribution in [0.2, 0.25) is 0 Å². The fraction of sp³-hybridized carbons (Fsp3) is 0.565. The second-order valence-electron chi connectivity index (χ2n) is 9.57. The third-order valence-electron chi connectivity index (χ3n) is 6.98. The molecule has 14 heteroatoms. The zero-order valence-corrected chi connectivity index (χ0v) is 20.9. The van der Waals surface area contributed by atoms with Gasteiger partial charge in [-0.15, -0.1) is 23.4 Å². The Labute approximate surface area is 211 Å². The first-order valence-corrected chi connectivity index (χ1v) is 13.7. The number of hydrogen-bond donors (Lipinski definition) is 1. The molecule has 2 aliphatic carbocycles. The Balaban J connectivity index is 1.40. The molecule has 1 N–H and O–H groups in total. The molecule has 10 nitrogen and oxygen atoms in total. The van der Waals surface area contributed by atoms with Crippen molar-refractivity contribution in [3.8, 4) is 17.1 Å². The Hall–Kier alpha value is -3.00. The van der Waals surface area contributed by atoms with Gasteiger partial charge in [0.15, 0.2) is 0 Å². The zero-order valence-electron chi connectivity index (χ0n) is 20.1. The van der Waals surface area contributed by atoms with Crippen molar-refractivity contribution in [1.82, 2.24) is 29.6 Å². The predicted molar refractivity (Wildman–Crippen MR) is 124 cm³/mol. The fourth-order valence-electron chi connectivity index (χ4n) is 5.23. The first-order valence-electron chi connectivity index (χ1n) is 12.2. The van der Waals surface area contributed by atoms with Crippen LogP contribution in [0, 0.1) is 6.92 Å². The van der Waals surface area contributed by atoms with E-state index in [1.165, 1.54) is 6.07 Å². The summed E-state index contributed by atoms with van der Waals surface area (Å²) in [4.78, 5) is 3.72. The summed E-state index contributed by atoms with van der Waals surface area (Å²) in [5, 5.41) is 11.8. The molecule has 0 saturated heterocycles. The molecule has 2 unspecified atom stereocenters.